The van der Waals surface area contributed by atoms with Crippen LogP contribution in [0.25, 0.3) is 0 Å². The van der Waals surface area contributed by atoms with E-state index in [1.54, 1.807) is 31.2 Å². The van der Waals surface area contributed by atoms with E-state index in [-0.39, 0.29) is 11.4 Å². The Morgan fingerprint density at radius 3 is 2.20 bits per heavy atom. The number of para-hydroxylation sites is 2. The van der Waals surface area contributed by atoms with Crippen molar-refractivity contribution in [1.82, 2.24) is 0 Å². The summed E-state index contributed by atoms with van der Waals surface area (Å²) in [5.74, 6) is 1.35. The molecule has 6 nitrogen and oxygen atoms in total. The predicted octanol–water partition coefficient (Wildman–Crippen LogP) is 3.32. The van der Waals surface area contributed by atoms with Crippen LogP contribution >= 0.6 is 0 Å². The first-order valence-corrected chi connectivity index (χ1v) is 9.40. The number of sulfonamides is 1. The molecule has 0 N–H and O–H groups in total. The van der Waals surface area contributed by atoms with Gasteiger partial charge in [0.15, 0.2) is 11.5 Å². The van der Waals surface area contributed by atoms with Gasteiger partial charge in [-0.1, -0.05) is 12.1 Å². The fourth-order valence-electron chi connectivity index (χ4n) is 2.51. The van der Waals surface area contributed by atoms with Gasteiger partial charge in [-0.25, -0.2) is 8.42 Å². The minimum atomic E-state index is -3.78. The van der Waals surface area contributed by atoms with E-state index < -0.39 is 10.0 Å². The Kier molecular flexibility index (Phi) is 6.14. The Balaban J connectivity index is 2.53. The van der Waals surface area contributed by atoms with Crippen molar-refractivity contribution in [3.63, 3.8) is 0 Å². The predicted molar refractivity (Wildman–Crippen MR) is 97.4 cm³/mol. The smallest absolute Gasteiger partial charge is 0.264 e. The van der Waals surface area contributed by atoms with Crippen LogP contribution in [0.1, 0.15) is 13.8 Å². The van der Waals surface area contributed by atoms with Crippen LogP contribution in [-0.4, -0.2) is 35.8 Å². The van der Waals surface area contributed by atoms with Crippen molar-refractivity contribution in [2.24, 2.45) is 0 Å². The van der Waals surface area contributed by atoms with Crippen LogP contribution in [0.3, 0.4) is 0 Å². The highest BCUT2D eigenvalue weighted by Gasteiger charge is 2.27. The van der Waals surface area contributed by atoms with E-state index in [1.165, 1.54) is 30.7 Å². The van der Waals surface area contributed by atoms with Crippen molar-refractivity contribution in [3.8, 4) is 17.2 Å². The number of nitrogens with zero attached hydrogens (tertiary/aromatic N) is 1. The molecular formula is C18H23NO5S. The van der Waals surface area contributed by atoms with Crippen molar-refractivity contribution in [1.29, 1.82) is 0 Å². The number of ether oxygens (including phenoxy) is 3. The quantitative estimate of drug-likeness (QED) is 0.718. The molecule has 0 saturated heterocycles. The van der Waals surface area contributed by atoms with Gasteiger partial charge in [-0.05, 0) is 38.1 Å². The molecule has 2 aromatic carbocycles. The summed E-state index contributed by atoms with van der Waals surface area (Å²) in [5, 5.41) is 0. The lowest BCUT2D eigenvalue weighted by Crippen LogP contribution is -2.31. The van der Waals surface area contributed by atoms with E-state index in [9.17, 15) is 8.42 Å². The van der Waals surface area contributed by atoms with Crippen LogP contribution < -0.4 is 18.5 Å². The molecule has 2 aromatic rings. The highest BCUT2D eigenvalue weighted by atomic mass is 32.2. The largest absolute Gasteiger partial charge is 0.493 e. The Hall–Kier alpha value is -2.41. The fourth-order valence-corrected chi connectivity index (χ4v) is 4.01. The number of rotatable bonds is 8. The van der Waals surface area contributed by atoms with Crippen molar-refractivity contribution in [2.45, 2.75) is 18.7 Å². The van der Waals surface area contributed by atoms with Gasteiger partial charge in [0.25, 0.3) is 10.0 Å². The lowest BCUT2D eigenvalue weighted by Gasteiger charge is -2.25. The third-order valence-electron chi connectivity index (χ3n) is 3.66. The van der Waals surface area contributed by atoms with Gasteiger partial charge < -0.3 is 14.2 Å². The maximum Gasteiger partial charge on any atom is 0.264 e. The summed E-state index contributed by atoms with van der Waals surface area (Å²) in [5.41, 5.74) is 0.502. The molecule has 0 radical (unpaired) electrons. The average Bonchev–Trinajstić information content (AvgIpc) is 2.63. The zero-order chi connectivity index (χ0) is 18.4. The van der Waals surface area contributed by atoms with Gasteiger partial charge in [-0.2, -0.15) is 0 Å². The van der Waals surface area contributed by atoms with E-state index in [1.807, 2.05) is 13.0 Å². The lowest BCUT2D eigenvalue weighted by molar-refractivity contribution is 0.341. The van der Waals surface area contributed by atoms with Gasteiger partial charge >= 0.3 is 0 Å². The van der Waals surface area contributed by atoms with Crippen LogP contribution in [0, 0.1) is 0 Å². The molecule has 136 valence electrons. The first-order valence-electron chi connectivity index (χ1n) is 7.96. The highest BCUT2D eigenvalue weighted by molar-refractivity contribution is 7.92. The van der Waals surface area contributed by atoms with Crippen LogP contribution in [0.5, 0.6) is 17.2 Å². The topological polar surface area (TPSA) is 65.1 Å². The monoisotopic (exact) mass is 365 g/mol. The van der Waals surface area contributed by atoms with Crippen molar-refractivity contribution < 1.29 is 22.6 Å². The first kappa shape index (κ1) is 18.9. The van der Waals surface area contributed by atoms with Gasteiger partial charge in [0.05, 0.1) is 31.4 Å². The molecular weight excluding hydrogens is 342 g/mol. The minimum Gasteiger partial charge on any atom is -0.493 e. The fraction of sp³-hybridized carbons (Fsp3) is 0.333. The Bertz CT molecular complexity index is 820. The van der Waals surface area contributed by atoms with Crippen LogP contribution in [-0.2, 0) is 10.0 Å². The average molecular weight is 365 g/mol. The Morgan fingerprint density at radius 1 is 0.920 bits per heavy atom. The second-order valence-electron chi connectivity index (χ2n) is 5.09. The molecule has 0 aliphatic rings. The molecule has 0 bridgehead atoms. The molecule has 0 unspecified atom stereocenters. The number of benzene rings is 2. The summed E-state index contributed by atoms with van der Waals surface area (Å²) < 4.78 is 43.6. The molecule has 2 rings (SSSR count). The first-order chi connectivity index (χ1) is 12.0. The summed E-state index contributed by atoms with van der Waals surface area (Å²) >= 11 is 0. The Labute approximate surface area is 149 Å². The van der Waals surface area contributed by atoms with Gasteiger partial charge in [0, 0.05) is 12.6 Å². The molecule has 0 aliphatic heterocycles. The standard InChI is InChI=1S/C18H23NO5S/c1-5-19(15-9-7-8-10-16(15)24-6-2)25(20,21)14-11-12-17(22-3)18(13-14)23-4/h7-13H,5-6H2,1-4H3. The molecule has 0 aromatic heterocycles. The van der Waals surface area contributed by atoms with Crippen molar-refractivity contribution in [2.75, 3.05) is 31.7 Å². The van der Waals surface area contributed by atoms with Crippen LogP contribution in [0.15, 0.2) is 47.4 Å². The zero-order valence-corrected chi connectivity index (χ0v) is 15.7. The summed E-state index contributed by atoms with van der Waals surface area (Å²) in [4.78, 5) is 0.123. The molecule has 7 heteroatoms. The zero-order valence-electron chi connectivity index (χ0n) is 14.9. The lowest BCUT2D eigenvalue weighted by atomic mass is 10.3. The molecule has 0 fully saturated rings. The van der Waals surface area contributed by atoms with E-state index in [2.05, 4.69) is 0 Å². The van der Waals surface area contributed by atoms with Crippen molar-refractivity contribution >= 4 is 15.7 Å². The molecule has 0 saturated carbocycles. The van der Waals surface area contributed by atoms with E-state index in [0.29, 0.717) is 29.5 Å². The highest BCUT2D eigenvalue weighted by Crippen LogP contribution is 2.35. The summed E-state index contributed by atoms with van der Waals surface area (Å²) in [7, 11) is -0.814. The second-order valence-corrected chi connectivity index (χ2v) is 6.95. The number of hydrogen-bond acceptors (Lipinski definition) is 5. The third kappa shape index (κ3) is 3.82. The van der Waals surface area contributed by atoms with Gasteiger partial charge in [-0.15, -0.1) is 0 Å². The molecule has 0 amide bonds. The number of hydrogen-bond donors (Lipinski definition) is 0. The molecule has 0 atom stereocenters. The van der Waals surface area contributed by atoms with Gasteiger partial charge in [0.2, 0.25) is 0 Å². The van der Waals surface area contributed by atoms with Crippen LogP contribution in [0.2, 0.25) is 0 Å². The normalized spacial score (nSPS) is 11.0. The maximum absolute atomic E-state index is 13.2. The molecule has 25 heavy (non-hydrogen) atoms. The van der Waals surface area contributed by atoms with Gasteiger partial charge in [0.1, 0.15) is 5.75 Å². The summed E-state index contributed by atoms with van der Waals surface area (Å²) in [6.07, 6.45) is 0. The van der Waals surface area contributed by atoms with Gasteiger partial charge in [-0.3, -0.25) is 4.31 Å². The molecule has 0 heterocycles. The summed E-state index contributed by atoms with van der Waals surface area (Å²) in [6, 6.07) is 11.6. The SMILES string of the molecule is CCOc1ccccc1N(CC)S(=O)(=O)c1ccc(OC)c(OC)c1. The van der Waals surface area contributed by atoms with Crippen molar-refractivity contribution in [3.05, 3.63) is 42.5 Å². The number of anilines is 1. The minimum absolute atomic E-state index is 0.123. The van der Waals surface area contributed by atoms with E-state index in [4.69, 9.17) is 14.2 Å². The third-order valence-corrected chi connectivity index (χ3v) is 5.55. The molecule has 0 aliphatic carbocycles. The van der Waals surface area contributed by atoms with Crippen LogP contribution in [0.4, 0.5) is 5.69 Å². The number of methoxy groups -OCH3 is 2. The maximum atomic E-state index is 13.2. The Morgan fingerprint density at radius 2 is 1.60 bits per heavy atom. The van der Waals surface area contributed by atoms with E-state index in [0.717, 1.165) is 0 Å². The summed E-state index contributed by atoms with van der Waals surface area (Å²) in [6.45, 7) is 4.35. The second kappa shape index (κ2) is 8.11. The molecule has 0 spiro atoms. The van der Waals surface area contributed by atoms with E-state index >= 15 is 0 Å².